The van der Waals surface area contributed by atoms with Gasteiger partial charge in [-0.25, -0.2) is 8.78 Å². The number of nitrogens with one attached hydrogen (secondary N) is 1. The van der Waals surface area contributed by atoms with Gasteiger partial charge in [-0.1, -0.05) is 24.8 Å². The molecule has 0 bridgehead atoms. The van der Waals surface area contributed by atoms with Crippen molar-refractivity contribution in [1.82, 2.24) is 4.98 Å². The lowest BCUT2D eigenvalue weighted by Crippen LogP contribution is -2.11. The van der Waals surface area contributed by atoms with Crippen molar-refractivity contribution < 1.29 is 8.78 Å². The number of benzene rings is 1. The Morgan fingerprint density at radius 3 is 2.72 bits per heavy atom. The molecule has 3 nitrogen and oxygen atoms in total. The molecule has 0 saturated carbocycles. The SMILES string of the molecule is CC/C=C/c1ncc(C#Cc2c(F)ccc(N)c2F)cc1NC(C)C. The van der Waals surface area contributed by atoms with Gasteiger partial charge in [0, 0.05) is 17.8 Å². The molecule has 0 aliphatic carbocycles. The van der Waals surface area contributed by atoms with Crippen molar-refractivity contribution in [3.8, 4) is 11.8 Å². The number of hydrogen-bond acceptors (Lipinski definition) is 3. The molecular weight excluding hydrogens is 320 g/mol. The average molecular weight is 341 g/mol. The van der Waals surface area contributed by atoms with Crippen LogP contribution < -0.4 is 11.1 Å². The van der Waals surface area contributed by atoms with E-state index in [9.17, 15) is 8.78 Å². The summed E-state index contributed by atoms with van der Waals surface area (Å²) in [4.78, 5) is 4.38. The highest BCUT2D eigenvalue weighted by atomic mass is 19.1. The van der Waals surface area contributed by atoms with E-state index in [1.54, 1.807) is 6.20 Å². The average Bonchev–Trinajstić information content (AvgIpc) is 2.57. The van der Waals surface area contributed by atoms with Gasteiger partial charge < -0.3 is 11.1 Å². The lowest BCUT2D eigenvalue weighted by molar-refractivity contribution is 0.580. The fraction of sp³-hybridized carbons (Fsp3) is 0.250. The smallest absolute Gasteiger partial charge is 0.164 e. The zero-order valence-corrected chi connectivity index (χ0v) is 14.5. The Morgan fingerprint density at radius 2 is 2.04 bits per heavy atom. The van der Waals surface area contributed by atoms with Crippen molar-refractivity contribution in [2.24, 2.45) is 0 Å². The third-order valence-corrected chi connectivity index (χ3v) is 3.33. The minimum atomic E-state index is -0.844. The number of allylic oxidation sites excluding steroid dienone is 1. The van der Waals surface area contributed by atoms with Crippen LogP contribution in [0.4, 0.5) is 20.2 Å². The molecular formula is C20H21F2N3. The van der Waals surface area contributed by atoms with Crippen LogP contribution in [0.15, 0.2) is 30.5 Å². The van der Waals surface area contributed by atoms with E-state index in [1.165, 1.54) is 6.07 Å². The third-order valence-electron chi connectivity index (χ3n) is 3.33. The Bertz CT molecular complexity index is 846. The number of halogens is 2. The predicted molar refractivity (Wildman–Crippen MR) is 99.1 cm³/mol. The molecule has 0 fully saturated rings. The monoisotopic (exact) mass is 341 g/mol. The molecule has 0 atom stereocenters. The lowest BCUT2D eigenvalue weighted by atomic mass is 10.1. The number of hydrogen-bond donors (Lipinski definition) is 2. The fourth-order valence-electron chi connectivity index (χ4n) is 2.15. The number of nitrogens with two attached hydrogens (primary N) is 1. The Labute approximate surface area is 147 Å². The Morgan fingerprint density at radius 1 is 1.28 bits per heavy atom. The van der Waals surface area contributed by atoms with Crippen LogP contribution in [0.1, 0.15) is 44.0 Å². The van der Waals surface area contributed by atoms with Gasteiger partial charge in [-0.05, 0) is 44.5 Å². The highest BCUT2D eigenvalue weighted by Crippen LogP contribution is 2.19. The normalized spacial score (nSPS) is 10.8. The van der Waals surface area contributed by atoms with E-state index >= 15 is 0 Å². The van der Waals surface area contributed by atoms with Gasteiger partial charge in [0.1, 0.15) is 5.82 Å². The number of nitrogens with zero attached hydrogens (tertiary/aromatic N) is 1. The Balaban J connectivity index is 2.42. The minimum Gasteiger partial charge on any atom is -0.396 e. The first kappa shape index (κ1) is 18.5. The molecule has 2 aromatic rings. The van der Waals surface area contributed by atoms with E-state index < -0.39 is 11.6 Å². The molecule has 2 rings (SSSR count). The van der Waals surface area contributed by atoms with Crippen LogP contribution in [0.3, 0.4) is 0 Å². The highest BCUT2D eigenvalue weighted by Gasteiger charge is 2.10. The number of aromatic nitrogens is 1. The van der Waals surface area contributed by atoms with Gasteiger partial charge in [0.15, 0.2) is 5.82 Å². The standard InChI is InChI=1S/C20H21F2N3/c1-4-5-6-18-19(25-13(2)3)11-14(12-24-18)7-8-15-16(21)9-10-17(23)20(15)22/h5-6,9-13,25H,4,23H2,1-3H3/b6-5+. The summed E-state index contributed by atoms with van der Waals surface area (Å²) in [5.41, 5.74) is 7.16. The van der Waals surface area contributed by atoms with Crippen molar-refractivity contribution in [3.63, 3.8) is 0 Å². The first-order valence-electron chi connectivity index (χ1n) is 8.11. The fourth-order valence-corrected chi connectivity index (χ4v) is 2.15. The second-order valence-corrected chi connectivity index (χ2v) is 5.84. The second kappa shape index (κ2) is 8.29. The van der Waals surface area contributed by atoms with Gasteiger partial charge >= 0.3 is 0 Å². The van der Waals surface area contributed by atoms with Gasteiger partial charge in [-0.15, -0.1) is 0 Å². The van der Waals surface area contributed by atoms with Crippen LogP contribution in [0.5, 0.6) is 0 Å². The summed E-state index contributed by atoms with van der Waals surface area (Å²) in [6, 6.07) is 4.31. The van der Waals surface area contributed by atoms with Crippen molar-refractivity contribution in [3.05, 3.63) is 58.9 Å². The molecule has 0 radical (unpaired) electrons. The largest absolute Gasteiger partial charge is 0.396 e. The Kier molecular flexibility index (Phi) is 6.13. The minimum absolute atomic E-state index is 0.133. The molecule has 25 heavy (non-hydrogen) atoms. The molecule has 1 aromatic carbocycles. The van der Waals surface area contributed by atoms with E-state index in [4.69, 9.17) is 5.73 Å². The van der Waals surface area contributed by atoms with Crippen molar-refractivity contribution in [1.29, 1.82) is 0 Å². The molecule has 0 spiro atoms. The Hall–Kier alpha value is -2.87. The summed E-state index contributed by atoms with van der Waals surface area (Å²) in [6.45, 7) is 6.08. The quantitative estimate of drug-likeness (QED) is 0.632. The molecule has 130 valence electrons. The lowest BCUT2D eigenvalue weighted by Gasteiger charge is -2.12. The molecule has 0 unspecified atom stereocenters. The maximum absolute atomic E-state index is 13.9. The van der Waals surface area contributed by atoms with Crippen molar-refractivity contribution in [2.45, 2.75) is 33.2 Å². The van der Waals surface area contributed by atoms with Gasteiger partial charge in [-0.2, -0.15) is 0 Å². The maximum atomic E-state index is 13.9. The molecule has 0 saturated heterocycles. The number of nitrogen functional groups attached to an aromatic ring is 1. The summed E-state index contributed by atoms with van der Waals surface area (Å²) in [6.07, 6.45) is 6.42. The molecule has 1 heterocycles. The summed E-state index contributed by atoms with van der Waals surface area (Å²) in [5.74, 6) is 3.69. The van der Waals surface area contributed by atoms with Crippen LogP contribution in [0.2, 0.25) is 0 Å². The number of rotatable bonds is 4. The molecule has 0 aliphatic heterocycles. The zero-order chi connectivity index (χ0) is 18.4. The van der Waals surface area contributed by atoms with E-state index in [2.05, 4.69) is 22.1 Å². The molecule has 3 N–H and O–H groups in total. The summed E-state index contributed by atoms with van der Waals surface area (Å²) >= 11 is 0. The first-order valence-corrected chi connectivity index (χ1v) is 8.11. The summed E-state index contributed by atoms with van der Waals surface area (Å²) in [5, 5.41) is 3.30. The van der Waals surface area contributed by atoms with Crippen LogP contribution in [-0.4, -0.2) is 11.0 Å². The molecule has 0 amide bonds. The van der Waals surface area contributed by atoms with Gasteiger partial charge in [0.2, 0.25) is 0 Å². The van der Waals surface area contributed by atoms with Crippen LogP contribution >= 0.6 is 0 Å². The number of pyridine rings is 1. The third kappa shape index (κ3) is 4.80. The zero-order valence-electron chi connectivity index (χ0n) is 14.5. The summed E-state index contributed by atoms with van der Waals surface area (Å²) in [7, 11) is 0. The van der Waals surface area contributed by atoms with Gasteiger partial charge in [0.25, 0.3) is 0 Å². The number of anilines is 2. The van der Waals surface area contributed by atoms with Gasteiger partial charge in [-0.3, -0.25) is 4.98 Å². The molecule has 0 aliphatic rings. The topological polar surface area (TPSA) is 50.9 Å². The molecule has 1 aromatic heterocycles. The summed E-state index contributed by atoms with van der Waals surface area (Å²) < 4.78 is 27.7. The van der Waals surface area contributed by atoms with E-state index in [0.29, 0.717) is 5.56 Å². The highest BCUT2D eigenvalue weighted by molar-refractivity contribution is 5.65. The second-order valence-electron chi connectivity index (χ2n) is 5.84. The van der Waals surface area contributed by atoms with Crippen LogP contribution in [-0.2, 0) is 0 Å². The van der Waals surface area contributed by atoms with Crippen molar-refractivity contribution in [2.75, 3.05) is 11.1 Å². The first-order chi connectivity index (χ1) is 11.9. The molecule has 5 heteroatoms. The van der Waals surface area contributed by atoms with Gasteiger partial charge in [0.05, 0.1) is 22.6 Å². The van der Waals surface area contributed by atoms with Crippen LogP contribution in [0, 0.1) is 23.5 Å². The van der Waals surface area contributed by atoms with E-state index in [-0.39, 0.29) is 17.3 Å². The maximum Gasteiger partial charge on any atom is 0.164 e. The van der Waals surface area contributed by atoms with E-state index in [1.807, 2.05) is 39.0 Å². The van der Waals surface area contributed by atoms with Crippen LogP contribution in [0.25, 0.3) is 6.08 Å². The van der Waals surface area contributed by atoms with Crippen molar-refractivity contribution >= 4 is 17.5 Å². The predicted octanol–water partition coefficient (Wildman–Crippen LogP) is 4.59. The van der Waals surface area contributed by atoms with E-state index in [0.717, 1.165) is 23.9 Å².